The number of anilines is 1. The predicted molar refractivity (Wildman–Crippen MR) is 127 cm³/mol. The number of benzene rings is 1. The Morgan fingerprint density at radius 2 is 2.17 bits per heavy atom. The molecule has 0 bridgehead atoms. The molecule has 1 fully saturated rings. The van der Waals surface area contributed by atoms with Gasteiger partial charge in [-0.15, -0.1) is 24.0 Å². The Balaban J connectivity index is 0.00000240. The first-order valence-corrected chi connectivity index (χ1v) is 10.0. The van der Waals surface area contributed by atoms with Crippen LogP contribution in [0.2, 0.25) is 0 Å². The normalized spacial score (nSPS) is 19.6. The van der Waals surface area contributed by atoms with Gasteiger partial charge in [0.15, 0.2) is 5.96 Å². The van der Waals surface area contributed by atoms with E-state index in [1.54, 1.807) is 0 Å². The summed E-state index contributed by atoms with van der Waals surface area (Å²) < 4.78 is 7.77. The van der Waals surface area contributed by atoms with Crippen molar-refractivity contribution in [3.05, 3.63) is 47.3 Å². The van der Waals surface area contributed by atoms with Crippen LogP contribution in [0.5, 0.6) is 0 Å². The van der Waals surface area contributed by atoms with Gasteiger partial charge in [0, 0.05) is 58.2 Å². The maximum absolute atomic E-state index is 5.95. The summed E-state index contributed by atoms with van der Waals surface area (Å²) in [6.45, 7) is 4.22. The molecule has 1 aromatic heterocycles. The Kier molecular flexibility index (Phi) is 7.39. The van der Waals surface area contributed by atoms with Crippen LogP contribution in [-0.4, -0.2) is 61.0 Å². The molecule has 1 atom stereocenters. The van der Waals surface area contributed by atoms with E-state index in [1.807, 2.05) is 31.2 Å². The number of nitrogens with one attached hydrogen (secondary N) is 1. The number of aromatic nitrogens is 2. The second-order valence-electron chi connectivity index (χ2n) is 7.64. The summed E-state index contributed by atoms with van der Waals surface area (Å²) in [5.41, 5.74) is 5.23. The highest BCUT2D eigenvalue weighted by Crippen LogP contribution is 2.27. The van der Waals surface area contributed by atoms with Crippen LogP contribution in [0.15, 0.2) is 35.6 Å². The summed E-state index contributed by atoms with van der Waals surface area (Å²) in [5, 5.41) is 7.80. The van der Waals surface area contributed by atoms with Crippen molar-refractivity contribution < 1.29 is 4.74 Å². The SMILES string of the molecule is CN=C(NCc1ccc2c(c1)CCCN2C)N1CCOC(c2cnn(C)c2)C1.I. The molecule has 158 valence electrons. The van der Waals surface area contributed by atoms with Gasteiger partial charge in [0.05, 0.1) is 19.3 Å². The number of hydrogen-bond acceptors (Lipinski definition) is 4. The fourth-order valence-electron chi connectivity index (χ4n) is 4.11. The van der Waals surface area contributed by atoms with Crippen LogP contribution in [0.3, 0.4) is 0 Å². The molecule has 8 heteroatoms. The van der Waals surface area contributed by atoms with Gasteiger partial charge in [-0.2, -0.15) is 5.10 Å². The lowest BCUT2D eigenvalue weighted by molar-refractivity contribution is -0.00805. The average molecular weight is 510 g/mol. The Morgan fingerprint density at radius 1 is 1.31 bits per heavy atom. The van der Waals surface area contributed by atoms with E-state index in [0.29, 0.717) is 6.61 Å². The smallest absolute Gasteiger partial charge is 0.194 e. The van der Waals surface area contributed by atoms with Crippen molar-refractivity contribution in [1.29, 1.82) is 0 Å². The molecule has 1 aromatic carbocycles. The van der Waals surface area contributed by atoms with E-state index in [-0.39, 0.29) is 30.1 Å². The highest BCUT2D eigenvalue weighted by molar-refractivity contribution is 14.0. The number of fused-ring (bicyclic) bond motifs is 1. The topological polar surface area (TPSA) is 57.9 Å². The Labute approximate surface area is 190 Å². The van der Waals surface area contributed by atoms with Gasteiger partial charge in [0.25, 0.3) is 0 Å². The van der Waals surface area contributed by atoms with E-state index in [0.717, 1.165) is 37.7 Å². The number of halogens is 1. The van der Waals surface area contributed by atoms with Gasteiger partial charge < -0.3 is 19.9 Å². The number of aliphatic imine (C=N–C) groups is 1. The monoisotopic (exact) mass is 510 g/mol. The standard InChI is InChI=1S/C21H30N6O.HI/c1-22-21(27-9-10-28-20(15-27)18-13-24-26(3)14-18)23-12-16-6-7-19-17(11-16)5-4-8-25(19)2;/h6-7,11,13-14,20H,4-5,8-10,12,15H2,1-3H3,(H,22,23);1H. The maximum atomic E-state index is 5.95. The van der Waals surface area contributed by atoms with Gasteiger partial charge in [0.1, 0.15) is 6.10 Å². The van der Waals surface area contributed by atoms with E-state index in [2.05, 4.69) is 50.5 Å². The molecule has 29 heavy (non-hydrogen) atoms. The van der Waals surface area contributed by atoms with Crippen LogP contribution >= 0.6 is 24.0 Å². The fourth-order valence-corrected chi connectivity index (χ4v) is 4.11. The van der Waals surface area contributed by atoms with Crippen LogP contribution in [-0.2, 0) is 24.8 Å². The van der Waals surface area contributed by atoms with Gasteiger partial charge >= 0.3 is 0 Å². The van der Waals surface area contributed by atoms with Crippen molar-refractivity contribution in [3.63, 3.8) is 0 Å². The molecule has 7 nitrogen and oxygen atoms in total. The minimum absolute atomic E-state index is 0. The number of ether oxygens (including phenoxy) is 1. The summed E-state index contributed by atoms with van der Waals surface area (Å²) in [5.74, 6) is 0.923. The Bertz CT molecular complexity index is 851. The largest absolute Gasteiger partial charge is 0.374 e. The van der Waals surface area contributed by atoms with E-state index < -0.39 is 0 Å². The quantitative estimate of drug-likeness (QED) is 0.391. The average Bonchev–Trinajstić information content (AvgIpc) is 3.15. The lowest BCUT2D eigenvalue weighted by Gasteiger charge is -2.35. The lowest BCUT2D eigenvalue weighted by Crippen LogP contribution is -2.47. The molecule has 1 unspecified atom stereocenters. The molecule has 0 spiro atoms. The molecule has 2 aromatic rings. The third-order valence-corrected chi connectivity index (χ3v) is 5.62. The molecule has 0 saturated carbocycles. The zero-order valence-corrected chi connectivity index (χ0v) is 19.8. The fraction of sp³-hybridized carbons (Fsp3) is 0.524. The molecule has 0 amide bonds. The zero-order valence-electron chi connectivity index (χ0n) is 17.5. The maximum Gasteiger partial charge on any atom is 0.194 e. The molecule has 1 N–H and O–H groups in total. The molecular formula is C21H31IN6O. The lowest BCUT2D eigenvalue weighted by atomic mass is 9.99. The van der Waals surface area contributed by atoms with Gasteiger partial charge in [-0.25, -0.2) is 0 Å². The third kappa shape index (κ3) is 5.03. The van der Waals surface area contributed by atoms with Crippen molar-refractivity contribution in [2.45, 2.75) is 25.5 Å². The minimum atomic E-state index is 0. The number of guanidine groups is 1. The molecule has 0 radical (unpaired) electrons. The Hall–Kier alpha value is -1.81. The van der Waals surface area contributed by atoms with Crippen LogP contribution in [0.25, 0.3) is 0 Å². The molecular weight excluding hydrogens is 479 g/mol. The van der Waals surface area contributed by atoms with Crippen LogP contribution < -0.4 is 10.2 Å². The number of hydrogen-bond donors (Lipinski definition) is 1. The summed E-state index contributed by atoms with van der Waals surface area (Å²) in [7, 11) is 5.95. The van der Waals surface area contributed by atoms with Gasteiger partial charge in [-0.1, -0.05) is 12.1 Å². The van der Waals surface area contributed by atoms with E-state index in [1.165, 1.54) is 29.7 Å². The summed E-state index contributed by atoms with van der Waals surface area (Å²) in [6.07, 6.45) is 6.33. The molecule has 2 aliphatic heterocycles. The van der Waals surface area contributed by atoms with Crippen molar-refractivity contribution in [3.8, 4) is 0 Å². The summed E-state index contributed by atoms with van der Waals surface area (Å²) in [6, 6.07) is 6.81. The summed E-state index contributed by atoms with van der Waals surface area (Å²) in [4.78, 5) is 9.13. The van der Waals surface area contributed by atoms with Gasteiger partial charge in [-0.05, 0) is 30.0 Å². The first kappa shape index (κ1) is 21.9. The second kappa shape index (κ2) is 9.80. The number of aryl methyl sites for hydroxylation is 2. The predicted octanol–water partition coefficient (Wildman–Crippen LogP) is 2.57. The molecule has 3 heterocycles. The highest BCUT2D eigenvalue weighted by Gasteiger charge is 2.25. The third-order valence-electron chi connectivity index (χ3n) is 5.62. The van der Waals surface area contributed by atoms with Crippen molar-refractivity contribution in [2.24, 2.45) is 12.0 Å². The van der Waals surface area contributed by atoms with Crippen molar-refractivity contribution in [2.75, 3.05) is 45.2 Å². The first-order valence-electron chi connectivity index (χ1n) is 10.0. The second-order valence-corrected chi connectivity index (χ2v) is 7.64. The van der Waals surface area contributed by atoms with Crippen LogP contribution in [0.4, 0.5) is 5.69 Å². The highest BCUT2D eigenvalue weighted by atomic mass is 127. The minimum Gasteiger partial charge on any atom is -0.374 e. The van der Waals surface area contributed by atoms with Crippen LogP contribution in [0.1, 0.15) is 29.2 Å². The van der Waals surface area contributed by atoms with Crippen molar-refractivity contribution in [1.82, 2.24) is 20.0 Å². The van der Waals surface area contributed by atoms with Gasteiger partial charge in [-0.3, -0.25) is 9.67 Å². The summed E-state index contributed by atoms with van der Waals surface area (Å²) >= 11 is 0. The zero-order chi connectivity index (χ0) is 19.5. The number of rotatable bonds is 3. The molecule has 1 saturated heterocycles. The molecule has 0 aliphatic carbocycles. The number of nitrogens with zero attached hydrogens (tertiary/aromatic N) is 5. The van der Waals surface area contributed by atoms with Crippen LogP contribution in [0, 0.1) is 0 Å². The van der Waals surface area contributed by atoms with E-state index in [9.17, 15) is 0 Å². The molecule has 4 rings (SSSR count). The van der Waals surface area contributed by atoms with Gasteiger partial charge in [0.2, 0.25) is 0 Å². The van der Waals surface area contributed by atoms with Crippen molar-refractivity contribution >= 4 is 35.6 Å². The van der Waals surface area contributed by atoms with E-state index in [4.69, 9.17) is 4.74 Å². The van der Waals surface area contributed by atoms with E-state index >= 15 is 0 Å². The molecule has 2 aliphatic rings. The number of morpholine rings is 1. The Morgan fingerprint density at radius 3 is 2.93 bits per heavy atom. The first-order chi connectivity index (χ1) is 13.6.